The van der Waals surface area contributed by atoms with E-state index in [-0.39, 0.29) is 5.69 Å². The van der Waals surface area contributed by atoms with Gasteiger partial charge in [-0.15, -0.1) is 0 Å². The van der Waals surface area contributed by atoms with Crippen LogP contribution in [0.25, 0.3) is 27.6 Å². The summed E-state index contributed by atoms with van der Waals surface area (Å²) in [7, 11) is 1.90. The first-order chi connectivity index (χ1) is 9.74. The number of hydrogen-bond acceptors (Lipinski definition) is 2. The second-order valence-electron chi connectivity index (χ2n) is 4.79. The number of H-pyrrole nitrogens is 1. The molecule has 20 heavy (non-hydrogen) atoms. The number of aryl methyl sites for hydroxylation is 1. The Kier molecular flexibility index (Phi) is 2.12. The van der Waals surface area contributed by atoms with Crippen LogP contribution in [0.1, 0.15) is 0 Å². The van der Waals surface area contributed by atoms with Gasteiger partial charge < -0.3 is 4.98 Å². The SMILES string of the molecule is Cn1ncc2cc(-n3c(=O)[nH]c4ccccc43)ccc21. The molecule has 0 amide bonds. The Balaban J connectivity index is 2.05. The van der Waals surface area contributed by atoms with E-state index in [0.29, 0.717) is 0 Å². The quantitative estimate of drug-likeness (QED) is 0.573. The highest BCUT2D eigenvalue weighted by Gasteiger charge is 2.09. The third kappa shape index (κ3) is 1.43. The van der Waals surface area contributed by atoms with Gasteiger partial charge in [-0.3, -0.25) is 9.25 Å². The van der Waals surface area contributed by atoms with Crippen molar-refractivity contribution in [3.63, 3.8) is 0 Å². The Bertz CT molecular complexity index is 990. The molecule has 0 aliphatic heterocycles. The van der Waals surface area contributed by atoms with Crippen molar-refractivity contribution in [1.82, 2.24) is 19.3 Å². The summed E-state index contributed by atoms with van der Waals surface area (Å²) in [6.07, 6.45) is 1.80. The third-order valence-corrected chi connectivity index (χ3v) is 3.58. The summed E-state index contributed by atoms with van der Waals surface area (Å²) in [5.41, 5.74) is 3.47. The third-order valence-electron chi connectivity index (χ3n) is 3.58. The van der Waals surface area contributed by atoms with Crippen molar-refractivity contribution >= 4 is 21.9 Å². The van der Waals surface area contributed by atoms with Crippen LogP contribution in [0.15, 0.2) is 53.5 Å². The lowest BCUT2D eigenvalue weighted by atomic mass is 10.2. The summed E-state index contributed by atoms with van der Waals surface area (Å²) < 4.78 is 3.50. The van der Waals surface area contributed by atoms with Gasteiger partial charge in [-0.25, -0.2) is 4.79 Å². The molecule has 0 fully saturated rings. The molecule has 4 rings (SSSR count). The van der Waals surface area contributed by atoms with Crippen molar-refractivity contribution < 1.29 is 0 Å². The van der Waals surface area contributed by atoms with Crippen LogP contribution in [0, 0.1) is 0 Å². The normalized spacial score (nSPS) is 11.4. The fourth-order valence-electron chi connectivity index (χ4n) is 2.60. The number of aromatic nitrogens is 4. The van der Waals surface area contributed by atoms with Crippen molar-refractivity contribution in [2.45, 2.75) is 0 Å². The Morgan fingerprint density at radius 1 is 1.10 bits per heavy atom. The van der Waals surface area contributed by atoms with Crippen molar-refractivity contribution in [3.8, 4) is 5.69 Å². The predicted molar refractivity (Wildman–Crippen MR) is 78.2 cm³/mol. The number of nitrogens with one attached hydrogen (secondary N) is 1. The Morgan fingerprint density at radius 2 is 1.95 bits per heavy atom. The van der Waals surface area contributed by atoms with Gasteiger partial charge in [0.15, 0.2) is 0 Å². The van der Waals surface area contributed by atoms with E-state index >= 15 is 0 Å². The van der Waals surface area contributed by atoms with E-state index < -0.39 is 0 Å². The summed E-state index contributed by atoms with van der Waals surface area (Å²) in [5.74, 6) is 0. The van der Waals surface area contributed by atoms with Crippen LogP contribution in [-0.4, -0.2) is 19.3 Å². The molecule has 2 aromatic carbocycles. The molecule has 0 atom stereocenters. The number of nitrogens with zero attached hydrogens (tertiary/aromatic N) is 3. The standard InChI is InChI=1S/C15H12N4O/c1-18-13-7-6-11(8-10(13)9-16-18)19-14-5-3-2-4-12(14)17-15(19)20/h2-9H,1H3,(H,17,20). The average molecular weight is 264 g/mol. The second-order valence-corrected chi connectivity index (χ2v) is 4.79. The molecule has 0 spiro atoms. The topological polar surface area (TPSA) is 55.6 Å². The number of fused-ring (bicyclic) bond motifs is 2. The summed E-state index contributed by atoms with van der Waals surface area (Å²) in [6.45, 7) is 0. The molecule has 0 aliphatic carbocycles. The van der Waals surface area contributed by atoms with Crippen LogP contribution < -0.4 is 5.69 Å². The van der Waals surface area contributed by atoms with Crippen molar-refractivity contribution in [3.05, 3.63) is 59.1 Å². The minimum Gasteiger partial charge on any atom is -0.305 e. The lowest BCUT2D eigenvalue weighted by molar-refractivity contribution is 0.797. The van der Waals surface area contributed by atoms with Crippen LogP contribution in [0.3, 0.4) is 0 Å². The Labute approximate surface area is 114 Å². The molecular formula is C15H12N4O. The van der Waals surface area contributed by atoms with E-state index in [1.165, 1.54) is 0 Å². The van der Waals surface area contributed by atoms with E-state index in [4.69, 9.17) is 0 Å². The van der Waals surface area contributed by atoms with Gasteiger partial charge in [0.25, 0.3) is 0 Å². The molecule has 0 aliphatic rings. The van der Waals surface area contributed by atoms with E-state index in [0.717, 1.165) is 27.6 Å². The molecule has 0 saturated heterocycles. The number of para-hydroxylation sites is 2. The minimum atomic E-state index is -0.130. The molecule has 5 heteroatoms. The Morgan fingerprint density at radius 3 is 2.85 bits per heavy atom. The van der Waals surface area contributed by atoms with Crippen LogP contribution in [0.5, 0.6) is 0 Å². The van der Waals surface area contributed by atoms with E-state index in [9.17, 15) is 4.79 Å². The fourth-order valence-corrected chi connectivity index (χ4v) is 2.60. The highest BCUT2D eigenvalue weighted by atomic mass is 16.1. The number of imidazole rings is 1. The largest absolute Gasteiger partial charge is 0.331 e. The first kappa shape index (κ1) is 11.0. The Hall–Kier alpha value is -2.82. The van der Waals surface area contributed by atoms with Gasteiger partial charge in [-0.05, 0) is 30.3 Å². The first-order valence-corrected chi connectivity index (χ1v) is 6.36. The molecule has 5 nitrogen and oxygen atoms in total. The zero-order valence-corrected chi connectivity index (χ0v) is 10.9. The maximum absolute atomic E-state index is 12.2. The lowest BCUT2D eigenvalue weighted by Gasteiger charge is -2.03. The molecule has 0 radical (unpaired) electrons. The van der Waals surface area contributed by atoms with Crippen LogP contribution in [0.2, 0.25) is 0 Å². The number of aromatic amines is 1. The maximum atomic E-state index is 12.2. The van der Waals surface area contributed by atoms with Gasteiger partial charge in [0.05, 0.1) is 28.4 Å². The second kappa shape index (κ2) is 3.84. The number of hydrogen-bond donors (Lipinski definition) is 1. The minimum absolute atomic E-state index is 0.130. The zero-order chi connectivity index (χ0) is 13.7. The van der Waals surface area contributed by atoms with E-state index in [1.807, 2.05) is 54.2 Å². The van der Waals surface area contributed by atoms with Crippen molar-refractivity contribution in [2.24, 2.45) is 7.05 Å². The highest BCUT2D eigenvalue weighted by molar-refractivity contribution is 5.83. The van der Waals surface area contributed by atoms with Crippen molar-refractivity contribution in [2.75, 3.05) is 0 Å². The monoisotopic (exact) mass is 264 g/mol. The number of benzene rings is 2. The molecule has 2 aromatic heterocycles. The summed E-state index contributed by atoms with van der Waals surface area (Å²) in [6, 6.07) is 13.6. The van der Waals surface area contributed by atoms with Gasteiger partial charge in [0, 0.05) is 12.4 Å². The van der Waals surface area contributed by atoms with Gasteiger partial charge in [-0.2, -0.15) is 5.10 Å². The number of rotatable bonds is 1. The van der Waals surface area contributed by atoms with Gasteiger partial charge in [0.1, 0.15) is 0 Å². The van der Waals surface area contributed by atoms with Crippen LogP contribution in [-0.2, 0) is 7.05 Å². The first-order valence-electron chi connectivity index (χ1n) is 6.36. The van der Waals surface area contributed by atoms with E-state index in [2.05, 4.69) is 10.1 Å². The summed E-state index contributed by atoms with van der Waals surface area (Å²) >= 11 is 0. The smallest absolute Gasteiger partial charge is 0.305 e. The predicted octanol–water partition coefficient (Wildman–Crippen LogP) is 2.21. The molecule has 0 unspecified atom stereocenters. The van der Waals surface area contributed by atoms with Gasteiger partial charge in [0.2, 0.25) is 0 Å². The molecule has 0 bridgehead atoms. The van der Waals surface area contributed by atoms with E-state index in [1.54, 1.807) is 10.8 Å². The zero-order valence-electron chi connectivity index (χ0n) is 10.9. The highest BCUT2D eigenvalue weighted by Crippen LogP contribution is 2.20. The molecular weight excluding hydrogens is 252 g/mol. The molecule has 0 saturated carbocycles. The average Bonchev–Trinajstić information content (AvgIpc) is 2.98. The van der Waals surface area contributed by atoms with Gasteiger partial charge in [-0.1, -0.05) is 12.1 Å². The van der Waals surface area contributed by atoms with Crippen LogP contribution >= 0.6 is 0 Å². The van der Waals surface area contributed by atoms with Crippen molar-refractivity contribution in [1.29, 1.82) is 0 Å². The molecule has 1 N–H and O–H groups in total. The lowest BCUT2D eigenvalue weighted by Crippen LogP contribution is -2.14. The fraction of sp³-hybridized carbons (Fsp3) is 0.0667. The van der Waals surface area contributed by atoms with Gasteiger partial charge >= 0.3 is 5.69 Å². The maximum Gasteiger partial charge on any atom is 0.331 e. The van der Waals surface area contributed by atoms with Crippen LogP contribution in [0.4, 0.5) is 0 Å². The molecule has 98 valence electrons. The summed E-state index contributed by atoms with van der Waals surface area (Å²) in [4.78, 5) is 15.0. The molecule has 4 aromatic rings. The molecule has 2 heterocycles. The summed E-state index contributed by atoms with van der Waals surface area (Å²) in [5, 5.41) is 5.24.